The summed E-state index contributed by atoms with van der Waals surface area (Å²) in [5.74, 6) is 0. The fourth-order valence-corrected chi connectivity index (χ4v) is 3.65. The summed E-state index contributed by atoms with van der Waals surface area (Å²) in [6.07, 6.45) is 5.57. The first-order valence-electron chi connectivity index (χ1n) is 8.72. The van der Waals surface area contributed by atoms with Crippen molar-refractivity contribution >= 4 is 21.8 Å². The van der Waals surface area contributed by atoms with Crippen LogP contribution in [-0.4, -0.2) is 14.5 Å². The minimum absolute atomic E-state index is 0.809. The summed E-state index contributed by atoms with van der Waals surface area (Å²) in [4.78, 5) is 9.00. The molecule has 0 saturated heterocycles. The third-order valence-corrected chi connectivity index (χ3v) is 4.80. The normalized spacial score (nSPS) is 11.2. The van der Waals surface area contributed by atoms with E-state index in [9.17, 15) is 0 Å². The van der Waals surface area contributed by atoms with E-state index in [1.165, 1.54) is 21.9 Å². The van der Waals surface area contributed by atoms with E-state index in [0.717, 1.165) is 23.3 Å². The molecule has 0 radical (unpaired) electrons. The molecule has 124 valence electrons. The van der Waals surface area contributed by atoms with Crippen LogP contribution in [0.2, 0.25) is 0 Å². The Morgan fingerprint density at radius 1 is 0.731 bits per heavy atom. The maximum absolute atomic E-state index is 4.71. The number of hydrogen-bond acceptors (Lipinski definition) is 2. The van der Waals surface area contributed by atoms with Gasteiger partial charge in [-0.25, -0.2) is 0 Å². The molecular weight excluding hydrogens is 318 g/mol. The van der Waals surface area contributed by atoms with E-state index in [-0.39, 0.29) is 0 Å². The molecule has 0 aliphatic carbocycles. The maximum Gasteiger partial charge on any atom is 0.0960 e. The first-order chi connectivity index (χ1) is 12.9. The molecule has 0 aliphatic rings. The Labute approximate surface area is 151 Å². The Balaban J connectivity index is 1.85. The molecule has 0 saturated carbocycles. The van der Waals surface area contributed by atoms with Crippen LogP contribution >= 0.6 is 0 Å². The van der Waals surface area contributed by atoms with Gasteiger partial charge in [-0.2, -0.15) is 0 Å². The smallest absolute Gasteiger partial charge is 0.0960 e. The van der Waals surface area contributed by atoms with E-state index in [2.05, 4.69) is 76.3 Å². The molecule has 0 fully saturated rings. The minimum atomic E-state index is 0.809. The zero-order chi connectivity index (χ0) is 17.3. The van der Waals surface area contributed by atoms with E-state index < -0.39 is 0 Å². The largest absolute Gasteiger partial charge is 0.334 e. The summed E-state index contributed by atoms with van der Waals surface area (Å²) in [6, 6.07) is 25.3. The van der Waals surface area contributed by atoms with Crippen LogP contribution in [0.5, 0.6) is 0 Å². The Kier molecular flexibility index (Phi) is 3.49. The minimum Gasteiger partial charge on any atom is -0.334 e. The van der Waals surface area contributed by atoms with Gasteiger partial charge in [0.15, 0.2) is 0 Å². The molecule has 2 aromatic carbocycles. The van der Waals surface area contributed by atoms with Gasteiger partial charge in [-0.05, 0) is 29.8 Å². The van der Waals surface area contributed by atoms with Crippen molar-refractivity contribution in [2.45, 2.75) is 6.54 Å². The highest BCUT2D eigenvalue weighted by Crippen LogP contribution is 2.34. The quantitative estimate of drug-likeness (QED) is 0.448. The van der Waals surface area contributed by atoms with Crippen molar-refractivity contribution in [1.82, 2.24) is 14.5 Å². The van der Waals surface area contributed by atoms with Crippen LogP contribution < -0.4 is 0 Å². The average molecular weight is 335 g/mol. The highest BCUT2D eigenvalue weighted by atomic mass is 15.0. The van der Waals surface area contributed by atoms with Crippen LogP contribution in [0.4, 0.5) is 0 Å². The summed E-state index contributed by atoms with van der Waals surface area (Å²) in [5, 5.41) is 2.48. The van der Waals surface area contributed by atoms with Crippen molar-refractivity contribution in [2.75, 3.05) is 0 Å². The van der Waals surface area contributed by atoms with Gasteiger partial charge < -0.3 is 4.57 Å². The summed E-state index contributed by atoms with van der Waals surface area (Å²) >= 11 is 0. The number of hydrogen-bond donors (Lipinski definition) is 0. The topological polar surface area (TPSA) is 30.7 Å². The first kappa shape index (κ1) is 14.8. The third-order valence-electron chi connectivity index (χ3n) is 4.80. The SMILES string of the molecule is c1ccc(Cn2c3ccccc3c3ccnc(-c4cccnc4)c32)cc1. The Hall–Kier alpha value is -3.46. The molecule has 0 unspecified atom stereocenters. The van der Waals surface area contributed by atoms with Gasteiger partial charge in [0, 0.05) is 47.0 Å². The van der Waals surface area contributed by atoms with Gasteiger partial charge in [-0.3, -0.25) is 9.97 Å². The number of aromatic nitrogens is 3. The van der Waals surface area contributed by atoms with Crippen LogP contribution in [0.25, 0.3) is 33.1 Å². The second-order valence-corrected chi connectivity index (χ2v) is 6.39. The predicted octanol–water partition coefficient (Wildman–Crippen LogP) is 5.30. The highest BCUT2D eigenvalue weighted by molar-refractivity contribution is 6.11. The Morgan fingerprint density at radius 2 is 1.58 bits per heavy atom. The van der Waals surface area contributed by atoms with E-state index in [0.29, 0.717) is 0 Å². The molecular formula is C23H17N3. The summed E-state index contributed by atoms with van der Waals surface area (Å²) in [5.41, 5.74) is 5.67. The van der Waals surface area contributed by atoms with Gasteiger partial charge in [0.25, 0.3) is 0 Å². The lowest BCUT2D eigenvalue weighted by Crippen LogP contribution is -2.01. The monoisotopic (exact) mass is 335 g/mol. The number of pyridine rings is 2. The molecule has 3 heterocycles. The molecule has 0 amide bonds. The predicted molar refractivity (Wildman–Crippen MR) is 106 cm³/mol. The van der Waals surface area contributed by atoms with Crippen molar-refractivity contribution in [3.8, 4) is 11.3 Å². The molecule has 5 rings (SSSR count). The van der Waals surface area contributed by atoms with E-state index in [4.69, 9.17) is 4.98 Å². The molecule has 0 N–H and O–H groups in total. The molecule has 3 aromatic heterocycles. The maximum atomic E-state index is 4.71. The molecule has 3 heteroatoms. The van der Waals surface area contributed by atoms with Crippen molar-refractivity contribution in [3.05, 3.63) is 97.0 Å². The number of para-hydroxylation sites is 1. The molecule has 0 aliphatic heterocycles. The average Bonchev–Trinajstić information content (AvgIpc) is 3.04. The molecule has 0 spiro atoms. The third kappa shape index (κ3) is 2.37. The molecule has 5 aromatic rings. The van der Waals surface area contributed by atoms with Crippen LogP contribution in [0.1, 0.15) is 5.56 Å². The van der Waals surface area contributed by atoms with Crippen LogP contribution in [0.3, 0.4) is 0 Å². The number of rotatable bonds is 3. The van der Waals surface area contributed by atoms with Gasteiger partial charge >= 0.3 is 0 Å². The zero-order valence-corrected chi connectivity index (χ0v) is 14.2. The molecule has 0 atom stereocenters. The van der Waals surface area contributed by atoms with Crippen molar-refractivity contribution in [3.63, 3.8) is 0 Å². The van der Waals surface area contributed by atoms with Gasteiger partial charge in [-0.1, -0.05) is 48.5 Å². The fraction of sp³-hybridized carbons (Fsp3) is 0.0435. The van der Waals surface area contributed by atoms with Gasteiger partial charge in [0.05, 0.1) is 11.2 Å². The van der Waals surface area contributed by atoms with Crippen LogP contribution in [-0.2, 0) is 6.54 Å². The fourth-order valence-electron chi connectivity index (χ4n) is 3.65. The van der Waals surface area contributed by atoms with E-state index in [1.807, 2.05) is 18.5 Å². The standard InChI is InChI=1S/C23H17N3/c1-2-7-17(8-3-1)16-26-21-11-5-4-10-19(21)20-12-14-25-22(23(20)26)18-9-6-13-24-15-18/h1-15H,16H2. The van der Waals surface area contributed by atoms with Gasteiger partial charge in [0.1, 0.15) is 0 Å². The van der Waals surface area contributed by atoms with Gasteiger partial charge in [-0.15, -0.1) is 0 Å². The van der Waals surface area contributed by atoms with Crippen molar-refractivity contribution in [2.24, 2.45) is 0 Å². The lowest BCUT2D eigenvalue weighted by Gasteiger charge is -2.10. The lowest BCUT2D eigenvalue weighted by molar-refractivity contribution is 0.868. The summed E-state index contributed by atoms with van der Waals surface area (Å²) < 4.78 is 2.37. The molecule has 26 heavy (non-hydrogen) atoms. The van der Waals surface area contributed by atoms with E-state index >= 15 is 0 Å². The van der Waals surface area contributed by atoms with Crippen LogP contribution in [0, 0.1) is 0 Å². The Bertz CT molecular complexity index is 1190. The number of fused-ring (bicyclic) bond motifs is 3. The highest BCUT2D eigenvalue weighted by Gasteiger charge is 2.16. The summed E-state index contributed by atoms with van der Waals surface area (Å²) in [6.45, 7) is 0.809. The lowest BCUT2D eigenvalue weighted by atomic mass is 10.1. The van der Waals surface area contributed by atoms with Gasteiger partial charge in [0.2, 0.25) is 0 Å². The van der Waals surface area contributed by atoms with Crippen molar-refractivity contribution < 1.29 is 0 Å². The summed E-state index contributed by atoms with van der Waals surface area (Å²) in [7, 11) is 0. The number of benzene rings is 2. The Morgan fingerprint density at radius 3 is 2.42 bits per heavy atom. The second-order valence-electron chi connectivity index (χ2n) is 6.39. The van der Waals surface area contributed by atoms with E-state index in [1.54, 1.807) is 6.20 Å². The second kappa shape index (κ2) is 6.12. The van der Waals surface area contributed by atoms with Crippen molar-refractivity contribution in [1.29, 1.82) is 0 Å². The molecule has 3 nitrogen and oxygen atoms in total. The first-order valence-corrected chi connectivity index (χ1v) is 8.72. The molecule has 0 bridgehead atoms. The zero-order valence-electron chi connectivity index (χ0n) is 14.2. The number of nitrogens with zero attached hydrogens (tertiary/aromatic N) is 3. The van der Waals surface area contributed by atoms with Crippen LogP contribution in [0.15, 0.2) is 91.4 Å².